The normalized spacial score (nSPS) is 12.2. The van der Waals surface area contributed by atoms with Gasteiger partial charge in [0.1, 0.15) is 0 Å². The molecular weight excluding hydrogens is 472 g/mol. The van der Waals surface area contributed by atoms with Gasteiger partial charge in [-0.15, -0.1) is 0 Å². The molecule has 3 aromatic carbocycles. The number of rotatable bonds is 8. The lowest BCUT2D eigenvalue weighted by atomic mass is 10.1. The molecule has 1 N–H and O–H groups in total. The van der Waals surface area contributed by atoms with Gasteiger partial charge < -0.3 is 19.5 Å². The lowest BCUT2D eigenvalue weighted by Crippen LogP contribution is -2.31. The molecule has 1 aliphatic heterocycles. The highest BCUT2D eigenvalue weighted by molar-refractivity contribution is 7.92. The number of hydrogen-bond donors (Lipinski definition) is 1. The number of anilines is 2. The van der Waals surface area contributed by atoms with Crippen LogP contribution in [0.3, 0.4) is 0 Å². The Balaban J connectivity index is 1.46. The number of ether oxygens (including phenoxy) is 3. The summed E-state index contributed by atoms with van der Waals surface area (Å²) < 4.78 is 43.7. The van der Waals surface area contributed by atoms with E-state index in [9.17, 15) is 18.0 Å². The molecule has 0 atom stereocenters. The van der Waals surface area contributed by atoms with E-state index in [-0.39, 0.29) is 23.8 Å². The van der Waals surface area contributed by atoms with E-state index in [1.165, 1.54) is 22.5 Å². The van der Waals surface area contributed by atoms with Crippen LogP contribution in [0.5, 0.6) is 11.5 Å². The highest BCUT2D eigenvalue weighted by Gasteiger charge is 2.26. The van der Waals surface area contributed by atoms with E-state index in [4.69, 9.17) is 14.2 Å². The van der Waals surface area contributed by atoms with Crippen LogP contribution in [-0.4, -0.2) is 40.2 Å². The highest BCUT2D eigenvalue weighted by Crippen LogP contribution is 2.34. The number of benzene rings is 3. The number of carbonyl (C=O) groups excluding carboxylic acids is 2. The first-order chi connectivity index (χ1) is 16.8. The van der Waals surface area contributed by atoms with E-state index in [2.05, 4.69) is 5.32 Å². The molecule has 0 fully saturated rings. The van der Waals surface area contributed by atoms with Crippen LogP contribution in [0.25, 0.3) is 0 Å². The van der Waals surface area contributed by atoms with Gasteiger partial charge in [-0.05, 0) is 55.8 Å². The quantitative estimate of drug-likeness (QED) is 0.473. The fraction of sp³-hybridized carbons (Fsp3) is 0.200. The highest BCUT2D eigenvalue weighted by atomic mass is 32.2. The third-order valence-electron chi connectivity index (χ3n) is 5.31. The third-order valence-corrected chi connectivity index (χ3v) is 7.36. The van der Waals surface area contributed by atoms with Crippen molar-refractivity contribution in [2.24, 2.45) is 0 Å². The summed E-state index contributed by atoms with van der Waals surface area (Å²) in [7, 11) is -3.94. The van der Waals surface area contributed by atoms with Crippen molar-refractivity contribution in [2.45, 2.75) is 18.7 Å². The van der Waals surface area contributed by atoms with Crippen LogP contribution in [0.2, 0.25) is 0 Å². The second-order valence-corrected chi connectivity index (χ2v) is 9.51. The molecule has 1 heterocycles. The smallest absolute Gasteiger partial charge is 0.338 e. The Bertz CT molecular complexity index is 1360. The third kappa shape index (κ3) is 5.22. The molecule has 0 saturated carbocycles. The summed E-state index contributed by atoms with van der Waals surface area (Å²) in [6.45, 7) is 3.16. The minimum Gasteiger partial charge on any atom is -0.454 e. The minimum atomic E-state index is -3.94. The number of nitrogens with one attached hydrogen (secondary N) is 1. The summed E-state index contributed by atoms with van der Waals surface area (Å²) in [5.41, 5.74) is 1.48. The maximum Gasteiger partial charge on any atom is 0.338 e. The first-order valence-electron chi connectivity index (χ1n) is 10.8. The number of para-hydroxylation sites is 1. The Morgan fingerprint density at radius 1 is 1.00 bits per heavy atom. The molecule has 0 spiro atoms. The van der Waals surface area contributed by atoms with Crippen LogP contribution < -0.4 is 19.1 Å². The van der Waals surface area contributed by atoms with Crippen molar-refractivity contribution in [3.63, 3.8) is 0 Å². The molecule has 4 rings (SSSR count). The van der Waals surface area contributed by atoms with Gasteiger partial charge in [-0.25, -0.2) is 13.2 Å². The average molecular weight is 497 g/mol. The Hall–Kier alpha value is -4.05. The first kappa shape index (κ1) is 24.1. The van der Waals surface area contributed by atoms with Gasteiger partial charge in [0, 0.05) is 18.3 Å². The van der Waals surface area contributed by atoms with Gasteiger partial charge in [0.2, 0.25) is 6.79 Å². The van der Waals surface area contributed by atoms with E-state index >= 15 is 0 Å². The molecule has 0 bridgehead atoms. The maximum atomic E-state index is 13.4. The Kier molecular flexibility index (Phi) is 6.92. The predicted molar refractivity (Wildman–Crippen MR) is 129 cm³/mol. The predicted octanol–water partition coefficient (Wildman–Crippen LogP) is 3.73. The molecule has 1 aliphatic rings. The van der Waals surface area contributed by atoms with Crippen LogP contribution in [-0.2, 0) is 19.6 Å². The molecular formula is C25H24N2O7S. The zero-order valence-corrected chi connectivity index (χ0v) is 20.0. The summed E-state index contributed by atoms with van der Waals surface area (Å²) in [6, 6.07) is 17.9. The van der Waals surface area contributed by atoms with E-state index in [1.54, 1.807) is 62.4 Å². The monoisotopic (exact) mass is 496 g/mol. The molecule has 0 saturated heterocycles. The lowest BCUT2D eigenvalue weighted by molar-refractivity contribution is -0.119. The molecule has 0 unspecified atom stereocenters. The van der Waals surface area contributed by atoms with Gasteiger partial charge in [-0.3, -0.25) is 9.10 Å². The number of hydrogen-bond acceptors (Lipinski definition) is 7. The van der Waals surface area contributed by atoms with E-state index in [1.807, 2.05) is 0 Å². The molecule has 35 heavy (non-hydrogen) atoms. The van der Waals surface area contributed by atoms with Gasteiger partial charge >= 0.3 is 5.97 Å². The van der Waals surface area contributed by atoms with Crippen molar-refractivity contribution in [3.05, 3.63) is 77.9 Å². The zero-order chi connectivity index (χ0) is 25.0. The van der Waals surface area contributed by atoms with E-state index in [0.717, 1.165) is 0 Å². The fourth-order valence-electron chi connectivity index (χ4n) is 3.60. The topological polar surface area (TPSA) is 111 Å². The molecule has 3 aromatic rings. The number of amides is 1. The summed E-state index contributed by atoms with van der Waals surface area (Å²) >= 11 is 0. The van der Waals surface area contributed by atoms with Gasteiger partial charge in [0.15, 0.2) is 18.1 Å². The van der Waals surface area contributed by atoms with Crippen molar-refractivity contribution >= 4 is 33.3 Å². The maximum absolute atomic E-state index is 13.4. The molecule has 0 aliphatic carbocycles. The second kappa shape index (κ2) is 10.1. The summed E-state index contributed by atoms with van der Waals surface area (Å²) in [5, 5.41) is 2.61. The van der Waals surface area contributed by atoms with E-state index in [0.29, 0.717) is 28.4 Å². The Morgan fingerprint density at radius 3 is 2.49 bits per heavy atom. The largest absolute Gasteiger partial charge is 0.454 e. The molecule has 1 amide bonds. The van der Waals surface area contributed by atoms with Crippen molar-refractivity contribution in [2.75, 3.05) is 29.6 Å². The van der Waals surface area contributed by atoms with Crippen molar-refractivity contribution < 1.29 is 32.2 Å². The van der Waals surface area contributed by atoms with Crippen LogP contribution in [0.4, 0.5) is 11.4 Å². The Labute approximate surface area is 203 Å². The number of fused-ring (bicyclic) bond motifs is 1. The molecule has 10 heteroatoms. The van der Waals surface area contributed by atoms with Crippen LogP contribution >= 0.6 is 0 Å². The number of esters is 1. The Morgan fingerprint density at radius 2 is 1.74 bits per heavy atom. The molecule has 0 aromatic heterocycles. The van der Waals surface area contributed by atoms with Crippen molar-refractivity contribution in [1.82, 2.24) is 0 Å². The number of carbonyl (C=O) groups is 2. The summed E-state index contributed by atoms with van der Waals surface area (Å²) in [5.74, 6) is -0.290. The summed E-state index contributed by atoms with van der Waals surface area (Å²) in [6.07, 6.45) is 0. The zero-order valence-electron chi connectivity index (χ0n) is 19.2. The average Bonchev–Trinajstić information content (AvgIpc) is 3.31. The van der Waals surface area contributed by atoms with Gasteiger partial charge in [0.25, 0.3) is 15.9 Å². The van der Waals surface area contributed by atoms with Crippen molar-refractivity contribution in [3.8, 4) is 11.5 Å². The molecule has 9 nitrogen and oxygen atoms in total. The summed E-state index contributed by atoms with van der Waals surface area (Å²) in [4.78, 5) is 24.8. The fourth-order valence-corrected chi connectivity index (χ4v) is 5.32. The lowest BCUT2D eigenvalue weighted by Gasteiger charge is -2.24. The SMILES string of the molecule is CCN(c1ccccc1)S(=O)(=O)c1cc(C(=O)OCC(=O)Nc2ccc3c(c2)OCO3)ccc1C. The molecule has 182 valence electrons. The van der Waals surface area contributed by atoms with Gasteiger partial charge in [-0.2, -0.15) is 0 Å². The van der Waals surface area contributed by atoms with Crippen molar-refractivity contribution in [1.29, 1.82) is 0 Å². The number of nitrogens with zero attached hydrogens (tertiary/aromatic N) is 1. The number of sulfonamides is 1. The van der Waals surface area contributed by atoms with Gasteiger partial charge in [0.05, 0.1) is 16.1 Å². The second-order valence-electron chi connectivity index (χ2n) is 7.68. The van der Waals surface area contributed by atoms with E-state index < -0.39 is 28.5 Å². The first-order valence-corrected chi connectivity index (χ1v) is 12.3. The number of aryl methyl sites for hydroxylation is 1. The standard InChI is InChI=1S/C25H24N2O7S/c1-3-27(20-7-5-4-6-8-20)35(30,31)23-13-18(10-9-17(23)2)25(29)32-15-24(28)26-19-11-12-21-22(14-19)34-16-33-21/h4-14H,3,15-16H2,1-2H3,(H,26,28). The van der Waals surface area contributed by atoms with Gasteiger partial charge in [-0.1, -0.05) is 24.3 Å². The van der Waals surface area contributed by atoms with Crippen LogP contribution in [0.1, 0.15) is 22.8 Å². The van der Waals surface area contributed by atoms with Crippen LogP contribution in [0, 0.1) is 6.92 Å². The molecule has 0 radical (unpaired) electrons. The van der Waals surface area contributed by atoms with Crippen LogP contribution in [0.15, 0.2) is 71.6 Å². The minimum absolute atomic E-state index is 0.0116.